The van der Waals surface area contributed by atoms with Crippen LogP contribution < -0.4 is 5.32 Å². The number of rotatable bonds is 1. The molecule has 3 nitrogen and oxygen atoms in total. The Hall–Kier alpha value is -1.06. The molecule has 0 radical (unpaired) electrons. The normalized spacial score (nSPS) is 22.9. The molecule has 0 unspecified atom stereocenters. The predicted octanol–water partition coefficient (Wildman–Crippen LogP) is 1.83. The van der Waals surface area contributed by atoms with Gasteiger partial charge in [0.25, 0.3) is 0 Å². The molecule has 1 saturated heterocycles. The molecular formula is C14H17ClN2O. The number of halogens is 1. The summed E-state index contributed by atoms with van der Waals surface area (Å²) < 4.78 is 0. The van der Waals surface area contributed by atoms with Gasteiger partial charge < -0.3 is 10.2 Å². The molecule has 0 aliphatic carbocycles. The van der Waals surface area contributed by atoms with Crippen molar-refractivity contribution in [3.05, 3.63) is 34.3 Å². The van der Waals surface area contributed by atoms with E-state index in [-0.39, 0.29) is 5.92 Å². The van der Waals surface area contributed by atoms with E-state index in [0.29, 0.717) is 12.5 Å². The van der Waals surface area contributed by atoms with Gasteiger partial charge >= 0.3 is 0 Å². The van der Waals surface area contributed by atoms with Crippen LogP contribution in [0.4, 0.5) is 0 Å². The van der Waals surface area contributed by atoms with Crippen molar-refractivity contribution in [1.82, 2.24) is 10.2 Å². The van der Waals surface area contributed by atoms with Crippen LogP contribution in [-0.2, 0) is 17.8 Å². The maximum absolute atomic E-state index is 12.3. The van der Waals surface area contributed by atoms with Crippen LogP contribution in [0.1, 0.15) is 17.5 Å². The third-order valence-electron chi connectivity index (χ3n) is 3.90. The number of carbonyl (C=O) groups excluding carboxylic acids is 1. The van der Waals surface area contributed by atoms with Crippen LogP contribution in [0.25, 0.3) is 0 Å². The quantitative estimate of drug-likeness (QED) is 0.839. The highest BCUT2D eigenvalue weighted by Gasteiger charge is 2.29. The summed E-state index contributed by atoms with van der Waals surface area (Å²) in [5.74, 6) is 0.469. The highest BCUT2D eigenvalue weighted by atomic mass is 35.5. The lowest BCUT2D eigenvalue weighted by atomic mass is 9.98. The maximum atomic E-state index is 12.3. The van der Waals surface area contributed by atoms with Crippen LogP contribution in [0.2, 0.25) is 5.02 Å². The Morgan fingerprint density at radius 3 is 3.06 bits per heavy atom. The Morgan fingerprint density at radius 2 is 2.28 bits per heavy atom. The lowest BCUT2D eigenvalue weighted by Gasteiger charge is -2.30. The molecule has 3 rings (SSSR count). The maximum Gasteiger partial charge on any atom is 0.227 e. The Labute approximate surface area is 112 Å². The Morgan fingerprint density at radius 1 is 1.39 bits per heavy atom. The zero-order valence-corrected chi connectivity index (χ0v) is 11.0. The summed E-state index contributed by atoms with van der Waals surface area (Å²) in [4.78, 5) is 14.3. The van der Waals surface area contributed by atoms with Gasteiger partial charge in [-0.2, -0.15) is 0 Å². The molecule has 1 aromatic carbocycles. The molecule has 0 spiro atoms. The summed E-state index contributed by atoms with van der Waals surface area (Å²) in [6.07, 6.45) is 1.91. The molecule has 2 aliphatic heterocycles. The second-order valence-corrected chi connectivity index (χ2v) is 5.55. The lowest BCUT2D eigenvalue weighted by Crippen LogP contribution is -2.40. The van der Waals surface area contributed by atoms with E-state index in [4.69, 9.17) is 11.6 Å². The molecule has 0 bridgehead atoms. The smallest absolute Gasteiger partial charge is 0.227 e. The molecule has 0 aromatic heterocycles. The van der Waals surface area contributed by atoms with Gasteiger partial charge in [0.1, 0.15) is 0 Å². The van der Waals surface area contributed by atoms with Crippen molar-refractivity contribution in [2.24, 2.45) is 5.92 Å². The van der Waals surface area contributed by atoms with Gasteiger partial charge in [0.15, 0.2) is 0 Å². The number of hydrogen-bond donors (Lipinski definition) is 1. The fourth-order valence-corrected chi connectivity index (χ4v) is 3.03. The molecule has 1 fully saturated rings. The SMILES string of the molecule is O=C([C@H]1CCNC1)N1CCc2ccc(Cl)cc2C1. The van der Waals surface area contributed by atoms with E-state index in [9.17, 15) is 4.79 Å². The minimum absolute atomic E-state index is 0.172. The number of carbonyl (C=O) groups is 1. The Kier molecular flexibility index (Phi) is 3.27. The van der Waals surface area contributed by atoms with E-state index in [0.717, 1.165) is 37.5 Å². The number of fused-ring (bicyclic) bond motifs is 1. The molecule has 1 N–H and O–H groups in total. The predicted molar refractivity (Wildman–Crippen MR) is 71.5 cm³/mol. The molecular weight excluding hydrogens is 248 g/mol. The van der Waals surface area contributed by atoms with Crippen LogP contribution in [0.5, 0.6) is 0 Å². The summed E-state index contributed by atoms with van der Waals surface area (Å²) in [5, 5.41) is 4.01. The molecule has 18 heavy (non-hydrogen) atoms. The van der Waals surface area contributed by atoms with Gasteiger partial charge in [0, 0.05) is 24.7 Å². The van der Waals surface area contributed by atoms with Crippen molar-refractivity contribution in [2.75, 3.05) is 19.6 Å². The van der Waals surface area contributed by atoms with Gasteiger partial charge in [-0.3, -0.25) is 4.79 Å². The first kappa shape index (κ1) is 12.0. The minimum Gasteiger partial charge on any atom is -0.338 e. The van der Waals surface area contributed by atoms with Crippen molar-refractivity contribution in [3.63, 3.8) is 0 Å². The number of benzene rings is 1. The molecule has 96 valence electrons. The lowest BCUT2D eigenvalue weighted by molar-refractivity contribution is -0.135. The van der Waals surface area contributed by atoms with Gasteiger partial charge in [-0.15, -0.1) is 0 Å². The van der Waals surface area contributed by atoms with Crippen LogP contribution in [0, 0.1) is 5.92 Å². The fourth-order valence-electron chi connectivity index (χ4n) is 2.84. The first-order valence-electron chi connectivity index (χ1n) is 6.51. The van der Waals surface area contributed by atoms with E-state index in [1.807, 2.05) is 17.0 Å². The van der Waals surface area contributed by atoms with E-state index >= 15 is 0 Å². The second-order valence-electron chi connectivity index (χ2n) is 5.11. The van der Waals surface area contributed by atoms with Crippen molar-refractivity contribution >= 4 is 17.5 Å². The summed E-state index contributed by atoms with van der Waals surface area (Å²) in [6.45, 7) is 3.35. The first-order chi connectivity index (χ1) is 8.74. The Balaban J connectivity index is 1.75. The third-order valence-corrected chi connectivity index (χ3v) is 4.14. The highest BCUT2D eigenvalue weighted by Crippen LogP contribution is 2.24. The van der Waals surface area contributed by atoms with Gasteiger partial charge in [-0.05, 0) is 42.6 Å². The molecule has 1 atom stereocenters. The number of nitrogens with zero attached hydrogens (tertiary/aromatic N) is 1. The van der Waals surface area contributed by atoms with E-state index in [2.05, 4.69) is 11.4 Å². The van der Waals surface area contributed by atoms with E-state index < -0.39 is 0 Å². The molecule has 4 heteroatoms. The molecule has 1 aromatic rings. The monoisotopic (exact) mass is 264 g/mol. The van der Waals surface area contributed by atoms with Crippen molar-refractivity contribution in [1.29, 1.82) is 0 Å². The third kappa shape index (κ3) is 2.25. The van der Waals surface area contributed by atoms with Crippen LogP contribution in [-0.4, -0.2) is 30.4 Å². The first-order valence-corrected chi connectivity index (χ1v) is 6.88. The zero-order chi connectivity index (χ0) is 12.5. The molecule has 1 amide bonds. The van der Waals surface area contributed by atoms with Crippen LogP contribution >= 0.6 is 11.6 Å². The van der Waals surface area contributed by atoms with Crippen molar-refractivity contribution in [2.45, 2.75) is 19.4 Å². The highest BCUT2D eigenvalue weighted by molar-refractivity contribution is 6.30. The standard InChI is InChI=1S/C14H17ClN2O/c15-13-2-1-10-4-6-17(9-12(10)7-13)14(18)11-3-5-16-8-11/h1-2,7,11,16H,3-6,8-9H2/t11-/m0/s1. The average molecular weight is 265 g/mol. The molecule has 2 heterocycles. The van der Waals surface area contributed by atoms with E-state index in [1.54, 1.807) is 0 Å². The summed E-state index contributed by atoms with van der Waals surface area (Å²) in [5.41, 5.74) is 2.53. The summed E-state index contributed by atoms with van der Waals surface area (Å²) in [6, 6.07) is 6.00. The van der Waals surface area contributed by atoms with Gasteiger partial charge in [0.2, 0.25) is 5.91 Å². The van der Waals surface area contributed by atoms with Crippen molar-refractivity contribution < 1.29 is 4.79 Å². The number of hydrogen-bond acceptors (Lipinski definition) is 2. The topological polar surface area (TPSA) is 32.3 Å². The van der Waals surface area contributed by atoms with Gasteiger partial charge in [0.05, 0.1) is 5.92 Å². The Bertz CT molecular complexity index is 469. The fraction of sp³-hybridized carbons (Fsp3) is 0.500. The van der Waals surface area contributed by atoms with Gasteiger partial charge in [-0.25, -0.2) is 0 Å². The number of nitrogens with one attached hydrogen (secondary N) is 1. The minimum atomic E-state index is 0.172. The van der Waals surface area contributed by atoms with Crippen LogP contribution in [0.3, 0.4) is 0 Å². The van der Waals surface area contributed by atoms with Crippen molar-refractivity contribution in [3.8, 4) is 0 Å². The van der Waals surface area contributed by atoms with Gasteiger partial charge in [-0.1, -0.05) is 17.7 Å². The van der Waals surface area contributed by atoms with E-state index in [1.165, 1.54) is 11.1 Å². The summed E-state index contributed by atoms with van der Waals surface area (Å²) >= 11 is 6.02. The largest absolute Gasteiger partial charge is 0.338 e. The second kappa shape index (κ2) is 4.90. The van der Waals surface area contributed by atoms with Crippen LogP contribution in [0.15, 0.2) is 18.2 Å². The molecule has 0 saturated carbocycles. The zero-order valence-electron chi connectivity index (χ0n) is 10.3. The molecule has 2 aliphatic rings. The number of amides is 1. The summed E-state index contributed by atoms with van der Waals surface area (Å²) in [7, 11) is 0. The average Bonchev–Trinajstić information content (AvgIpc) is 2.90.